The van der Waals surface area contributed by atoms with Crippen LogP contribution in [0.3, 0.4) is 0 Å². The van der Waals surface area contributed by atoms with Crippen molar-refractivity contribution in [1.82, 2.24) is 19.9 Å². The quantitative estimate of drug-likeness (QED) is 0.314. The molecule has 1 fully saturated rings. The van der Waals surface area contributed by atoms with Crippen LogP contribution in [0.5, 0.6) is 11.5 Å². The molecule has 0 aliphatic carbocycles. The van der Waals surface area contributed by atoms with Crippen LogP contribution in [-0.4, -0.2) is 32.4 Å². The Kier molecular flexibility index (Phi) is 5.44. The van der Waals surface area contributed by atoms with Crippen LogP contribution >= 0.6 is 0 Å². The Labute approximate surface area is 214 Å². The number of ether oxygens (including phenoxy) is 1. The van der Waals surface area contributed by atoms with Gasteiger partial charge in [0.2, 0.25) is 5.91 Å². The zero-order valence-electron chi connectivity index (χ0n) is 20.9. The molecule has 0 spiro atoms. The maximum absolute atomic E-state index is 12.9. The number of nitrogens with one attached hydrogen (secondary N) is 1. The molecular formula is C29H26N6O2. The van der Waals surface area contributed by atoms with Crippen molar-refractivity contribution >= 4 is 45.0 Å². The molecule has 8 heteroatoms. The number of hydrogen-bond donors (Lipinski definition) is 1. The lowest BCUT2D eigenvalue weighted by Crippen LogP contribution is -2.30. The van der Waals surface area contributed by atoms with E-state index in [1.165, 1.54) is 0 Å². The lowest BCUT2D eigenvalue weighted by molar-refractivity contribution is -0.123. The van der Waals surface area contributed by atoms with Gasteiger partial charge < -0.3 is 15.0 Å². The minimum Gasteiger partial charge on any atom is -0.457 e. The molecule has 1 saturated heterocycles. The summed E-state index contributed by atoms with van der Waals surface area (Å²) in [5.41, 5.74) is 4.77. The average molecular weight is 491 g/mol. The molecule has 184 valence electrons. The lowest BCUT2D eigenvalue weighted by Gasteiger charge is -2.20. The highest BCUT2D eigenvalue weighted by atomic mass is 16.5. The van der Waals surface area contributed by atoms with E-state index in [4.69, 9.17) is 4.74 Å². The van der Waals surface area contributed by atoms with Gasteiger partial charge in [0.15, 0.2) is 0 Å². The lowest BCUT2D eigenvalue weighted by atomic mass is 9.92. The molecule has 8 nitrogen and oxygen atoms in total. The summed E-state index contributed by atoms with van der Waals surface area (Å²) in [6.07, 6.45) is 5.72. The topological polar surface area (TPSA) is 93.1 Å². The van der Waals surface area contributed by atoms with Crippen LogP contribution in [0.25, 0.3) is 21.9 Å². The summed E-state index contributed by atoms with van der Waals surface area (Å²) in [6, 6.07) is 17.4. The van der Waals surface area contributed by atoms with Crippen LogP contribution in [0.4, 0.5) is 17.2 Å². The van der Waals surface area contributed by atoms with Crippen molar-refractivity contribution in [2.45, 2.75) is 27.2 Å². The highest BCUT2D eigenvalue weighted by molar-refractivity contribution is 6.02. The fourth-order valence-corrected chi connectivity index (χ4v) is 4.64. The molecule has 6 rings (SSSR count). The van der Waals surface area contributed by atoms with Gasteiger partial charge in [0.05, 0.1) is 16.6 Å². The summed E-state index contributed by atoms with van der Waals surface area (Å²) < 4.78 is 6.13. The minimum absolute atomic E-state index is 0.142. The van der Waals surface area contributed by atoms with E-state index in [1.807, 2.05) is 80.3 Å². The highest BCUT2D eigenvalue weighted by Crippen LogP contribution is 2.36. The predicted molar refractivity (Wildman–Crippen MR) is 144 cm³/mol. The van der Waals surface area contributed by atoms with Crippen molar-refractivity contribution in [2.24, 2.45) is 5.41 Å². The number of amides is 1. The monoisotopic (exact) mass is 490 g/mol. The summed E-state index contributed by atoms with van der Waals surface area (Å²) in [5, 5.41) is 4.27. The minimum atomic E-state index is -0.342. The summed E-state index contributed by atoms with van der Waals surface area (Å²) >= 11 is 0. The Balaban J connectivity index is 1.26. The number of benzene rings is 3. The Morgan fingerprint density at radius 3 is 2.49 bits per heavy atom. The molecule has 0 saturated carbocycles. The molecule has 0 radical (unpaired) electrons. The van der Waals surface area contributed by atoms with Crippen molar-refractivity contribution < 1.29 is 9.53 Å². The first-order chi connectivity index (χ1) is 17.9. The smallest absolute Gasteiger partial charge is 0.232 e. The van der Waals surface area contributed by atoms with Crippen LogP contribution in [0.1, 0.15) is 25.8 Å². The number of nitrogens with zero attached hydrogens (tertiary/aromatic N) is 5. The Hall–Kier alpha value is -4.59. The molecule has 0 bridgehead atoms. The third-order valence-corrected chi connectivity index (χ3v) is 6.82. The van der Waals surface area contributed by atoms with Gasteiger partial charge in [0, 0.05) is 47.2 Å². The first-order valence-electron chi connectivity index (χ1n) is 12.2. The Morgan fingerprint density at radius 2 is 1.70 bits per heavy atom. The van der Waals surface area contributed by atoms with E-state index in [0.717, 1.165) is 51.0 Å². The number of rotatable bonds is 5. The second-order valence-corrected chi connectivity index (χ2v) is 9.93. The predicted octanol–water partition coefficient (Wildman–Crippen LogP) is 6.18. The van der Waals surface area contributed by atoms with Gasteiger partial charge in [-0.25, -0.2) is 9.97 Å². The molecule has 1 aliphatic heterocycles. The molecule has 0 atom stereocenters. The first-order valence-corrected chi connectivity index (χ1v) is 12.2. The van der Waals surface area contributed by atoms with Crippen molar-refractivity contribution in [1.29, 1.82) is 0 Å². The second kappa shape index (κ2) is 8.81. The van der Waals surface area contributed by atoms with Gasteiger partial charge in [-0.3, -0.25) is 14.8 Å². The van der Waals surface area contributed by atoms with Gasteiger partial charge in [-0.05, 0) is 67.4 Å². The van der Waals surface area contributed by atoms with E-state index in [2.05, 4.69) is 25.3 Å². The Bertz CT molecular complexity index is 1670. The molecule has 3 heterocycles. The third-order valence-electron chi connectivity index (χ3n) is 6.82. The van der Waals surface area contributed by atoms with Crippen molar-refractivity contribution in [3.05, 3.63) is 78.9 Å². The number of aromatic nitrogens is 4. The third kappa shape index (κ3) is 4.31. The number of carbonyl (C=O) groups is 1. The van der Waals surface area contributed by atoms with Gasteiger partial charge in [0.1, 0.15) is 23.6 Å². The maximum Gasteiger partial charge on any atom is 0.232 e. The largest absolute Gasteiger partial charge is 0.457 e. The van der Waals surface area contributed by atoms with Gasteiger partial charge in [-0.15, -0.1) is 0 Å². The zero-order chi connectivity index (χ0) is 25.6. The van der Waals surface area contributed by atoms with Crippen LogP contribution in [-0.2, 0) is 4.79 Å². The number of carbonyl (C=O) groups excluding carboxylic acids is 1. The molecule has 5 aromatic rings. The number of aryl methyl sites for hydroxylation is 1. The molecule has 1 amide bonds. The van der Waals surface area contributed by atoms with E-state index >= 15 is 0 Å². The van der Waals surface area contributed by atoms with E-state index in [0.29, 0.717) is 18.1 Å². The van der Waals surface area contributed by atoms with E-state index < -0.39 is 0 Å². The van der Waals surface area contributed by atoms with Gasteiger partial charge in [-0.2, -0.15) is 0 Å². The summed E-state index contributed by atoms with van der Waals surface area (Å²) in [4.78, 5) is 32.3. The van der Waals surface area contributed by atoms with Gasteiger partial charge >= 0.3 is 0 Å². The number of fused-ring (bicyclic) bond motifs is 2. The fourth-order valence-electron chi connectivity index (χ4n) is 4.64. The van der Waals surface area contributed by atoms with E-state index in [1.54, 1.807) is 18.7 Å². The molecule has 1 aliphatic rings. The van der Waals surface area contributed by atoms with Crippen LogP contribution in [0.2, 0.25) is 0 Å². The van der Waals surface area contributed by atoms with E-state index in [9.17, 15) is 4.79 Å². The number of anilines is 3. The van der Waals surface area contributed by atoms with E-state index in [-0.39, 0.29) is 11.3 Å². The summed E-state index contributed by atoms with van der Waals surface area (Å²) in [6.45, 7) is 6.70. The molecule has 2 aromatic heterocycles. The standard InChI is InChI=1S/C29H26N6O2/c1-18-14-19(4-9-26(18)37-21-6-8-24-25(16-21)31-12-11-30-24)34-27-22-15-20(5-7-23(22)32-17-33-27)35-13-10-29(2,3)28(35)36/h4-9,11-12,14-17H,10,13H2,1-3H3,(H,32,33,34). The van der Waals surface area contributed by atoms with Gasteiger partial charge in [0.25, 0.3) is 0 Å². The van der Waals surface area contributed by atoms with Crippen molar-refractivity contribution in [2.75, 3.05) is 16.8 Å². The van der Waals surface area contributed by atoms with Crippen LogP contribution in [0, 0.1) is 12.3 Å². The van der Waals surface area contributed by atoms with Crippen molar-refractivity contribution in [3.8, 4) is 11.5 Å². The fraction of sp³-hybridized carbons (Fsp3) is 0.207. The SMILES string of the molecule is Cc1cc(Nc2ncnc3ccc(N4CCC(C)(C)C4=O)cc23)ccc1Oc1ccc2nccnc2c1. The van der Waals surface area contributed by atoms with Crippen LogP contribution < -0.4 is 15.0 Å². The second-order valence-electron chi connectivity index (χ2n) is 9.93. The first kappa shape index (κ1) is 22.8. The van der Waals surface area contributed by atoms with Gasteiger partial charge in [-0.1, -0.05) is 13.8 Å². The highest BCUT2D eigenvalue weighted by Gasteiger charge is 2.39. The maximum atomic E-state index is 12.9. The molecule has 37 heavy (non-hydrogen) atoms. The molecular weight excluding hydrogens is 464 g/mol. The normalized spacial score (nSPS) is 14.9. The summed E-state index contributed by atoms with van der Waals surface area (Å²) in [5.74, 6) is 2.27. The van der Waals surface area contributed by atoms with Crippen molar-refractivity contribution in [3.63, 3.8) is 0 Å². The Morgan fingerprint density at radius 1 is 0.892 bits per heavy atom. The molecule has 1 N–H and O–H groups in total. The molecule has 0 unspecified atom stereocenters. The van der Waals surface area contributed by atoms with Crippen LogP contribution in [0.15, 0.2) is 73.3 Å². The molecule has 3 aromatic carbocycles. The summed E-state index contributed by atoms with van der Waals surface area (Å²) in [7, 11) is 0. The number of hydrogen-bond acceptors (Lipinski definition) is 7. The zero-order valence-corrected chi connectivity index (χ0v) is 20.9. The average Bonchev–Trinajstić information content (AvgIpc) is 3.17.